The first kappa shape index (κ1) is 23.3. The standard InChI is InChI=1S/C23H25N9O3/c24-5-6-27-21(34)18-9-13-8-15(2-4-16(13)31-18)30-22(35)19-10-12-7-14(1-3-17(12)32-19)29-20(33)11-28-23(25)26/h1-4,7-10,31-32H,5-6,11,24H2,(H,27,34)(H,29,33)(H,30,35)(H4,25,26,28). The van der Waals surface area contributed by atoms with E-state index in [1.807, 2.05) is 0 Å². The van der Waals surface area contributed by atoms with E-state index in [1.54, 1.807) is 48.5 Å². The van der Waals surface area contributed by atoms with Crippen molar-refractivity contribution in [3.05, 3.63) is 59.9 Å². The third-order valence-corrected chi connectivity index (χ3v) is 5.11. The molecule has 0 spiro atoms. The van der Waals surface area contributed by atoms with Gasteiger partial charge in [-0.25, -0.2) is 4.99 Å². The number of aliphatic imine (C=N–C) groups is 1. The first-order valence-corrected chi connectivity index (χ1v) is 10.7. The molecule has 180 valence electrons. The lowest BCUT2D eigenvalue weighted by Gasteiger charge is -2.03. The Morgan fingerprint density at radius 2 is 1.37 bits per heavy atom. The number of nitrogens with zero attached hydrogens (tertiary/aromatic N) is 1. The van der Waals surface area contributed by atoms with Gasteiger partial charge in [0.25, 0.3) is 11.8 Å². The Bertz CT molecular complexity index is 1450. The monoisotopic (exact) mass is 475 g/mol. The van der Waals surface area contributed by atoms with Gasteiger partial charge in [0.2, 0.25) is 5.91 Å². The van der Waals surface area contributed by atoms with Crippen LogP contribution in [0.25, 0.3) is 21.8 Å². The summed E-state index contributed by atoms with van der Waals surface area (Å²) in [7, 11) is 0. The van der Waals surface area contributed by atoms with Gasteiger partial charge in [-0.3, -0.25) is 14.4 Å². The smallest absolute Gasteiger partial charge is 0.272 e. The second-order valence-electron chi connectivity index (χ2n) is 7.76. The van der Waals surface area contributed by atoms with Crippen molar-refractivity contribution in [1.82, 2.24) is 15.3 Å². The minimum atomic E-state index is -0.369. The Kier molecular flexibility index (Phi) is 6.64. The number of guanidine groups is 1. The third-order valence-electron chi connectivity index (χ3n) is 5.11. The fraction of sp³-hybridized carbons (Fsp3) is 0.130. The molecular weight excluding hydrogens is 450 g/mol. The number of fused-ring (bicyclic) bond motifs is 2. The number of anilines is 2. The second-order valence-corrected chi connectivity index (χ2v) is 7.76. The lowest BCUT2D eigenvalue weighted by molar-refractivity contribution is -0.114. The minimum Gasteiger partial charge on any atom is -0.370 e. The molecule has 11 N–H and O–H groups in total. The highest BCUT2D eigenvalue weighted by Gasteiger charge is 2.13. The number of benzene rings is 2. The van der Waals surface area contributed by atoms with Crippen LogP contribution in [0.1, 0.15) is 21.0 Å². The highest BCUT2D eigenvalue weighted by molar-refractivity contribution is 6.07. The second kappa shape index (κ2) is 9.97. The summed E-state index contributed by atoms with van der Waals surface area (Å²) in [6.45, 7) is 0.545. The molecule has 0 aliphatic carbocycles. The predicted octanol–water partition coefficient (Wildman–Crippen LogP) is 0.802. The van der Waals surface area contributed by atoms with E-state index >= 15 is 0 Å². The van der Waals surface area contributed by atoms with E-state index in [9.17, 15) is 14.4 Å². The van der Waals surface area contributed by atoms with E-state index in [2.05, 4.69) is 30.9 Å². The summed E-state index contributed by atoms with van der Waals surface area (Å²) in [6.07, 6.45) is 0. The highest BCUT2D eigenvalue weighted by atomic mass is 16.2. The van der Waals surface area contributed by atoms with Crippen LogP contribution in [0.3, 0.4) is 0 Å². The molecule has 0 saturated carbocycles. The van der Waals surface area contributed by atoms with Gasteiger partial charge in [0.05, 0.1) is 0 Å². The molecule has 0 aliphatic rings. The number of carbonyl (C=O) groups excluding carboxylic acids is 3. The van der Waals surface area contributed by atoms with Gasteiger partial charge in [-0.2, -0.15) is 0 Å². The lowest BCUT2D eigenvalue weighted by Crippen LogP contribution is -2.29. The Balaban J connectivity index is 1.46. The SMILES string of the molecule is NCCNC(=O)c1cc2cc(NC(=O)c3cc4cc(NC(=O)CN=C(N)N)ccc4[nH]3)ccc2[nH]1. The van der Waals surface area contributed by atoms with Crippen LogP contribution in [0, 0.1) is 0 Å². The molecule has 35 heavy (non-hydrogen) atoms. The topological polar surface area (TPSA) is 209 Å². The average Bonchev–Trinajstić information content (AvgIpc) is 3.45. The Hall–Kier alpha value is -4.84. The number of aromatic amines is 2. The van der Waals surface area contributed by atoms with Crippen LogP contribution in [0.5, 0.6) is 0 Å². The van der Waals surface area contributed by atoms with Crippen LogP contribution in [0.15, 0.2) is 53.5 Å². The zero-order valence-corrected chi connectivity index (χ0v) is 18.6. The summed E-state index contributed by atoms with van der Waals surface area (Å²) in [6, 6.07) is 13.9. The van der Waals surface area contributed by atoms with E-state index in [1.165, 1.54) is 0 Å². The van der Waals surface area contributed by atoms with Gasteiger partial charge in [0, 0.05) is 46.3 Å². The van der Waals surface area contributed by atoms with Gasteiger partial charge in [-0.15, -0.1) is 0 Å². The number of nitrogens with two attached hydrogens (primary N) is 3. The normalized spacial score (nSPS) is 10.8. The molecule has 3 amide bonds. The molecular formula is C23H25N9O3. The molecule has 0 atom stereocenters. The Morgan fingerprint density at radius 3 is 1.94 bits per heavy atom. The maximum Gasteiger partial charge on any atom is 0.272 e. The van der Waals surface area contributed by atoms with Crippen LogP contribution in [-0.2, 0) is 4.79 Å². The fourth-order valence-electron chi connectivity index (χ4n) is 3.51. The zero-order valence-electron chi connectivity index (χ0n) is 18.6. The van der Waals surface area contributed by atoms with E-state index in [0.29, 0.717) is 35.9 Å². The van der Waals surface area contributed by atoms with E-state index in [4.69, 9.17) is 17.2 Å². The summed E-state index contributed by atoms with van der Waals surface area (Å²) >= 11 is 0. The molecule has 12 heteroatoms. The maximum absolute atomic E-state index is 12.8. The maximum atomic E-state index is 12.8. The number of hydrogen-bond acceptors (Lipinski definition) is 5. The summed E-state index contributed by atoms with van der Waals surface area (Å²) in [5.74, 6) is -1.12. The number of amides is 3. The quantitative estimate of drug-likeness (QED) is 0.136. The number of carbonyl (C=O) groups is 3. The molecule has 2 aromatic carbocycles. The van der Waals surface area contributed by atoms with Gasteiger partial charge in [-0.05, 0) is 48.5 Å². The van der Waals surface area contributed by atoms with Crippen molar-refractivity contribution < 1.29 is 14.4 Å². The van der Waals surface area contributed by atoms with Crippen LogP contribution >= 0.6 is 0 Å². The zero-order chi connectivity index (χ0) is 24.9. The van der Waals surface area contributed by atoms with Gasteiger partial charge in [0.15, 0.2) is 5.96 Å². The number of nitrogens with one attached hydrogen (secondary N) is 5. The molecule has 0 radical (unpaired) electrons. The van der Waals surface area contributed by atoms with Crippen molar-refractivity contribution >= 4 is 56.9 Å². The van der Waals surface area contributed by atoms with Crippen molar-refractivity contribution in [1.29, 1.82) is 0 Å². The molecule has 0 unspecified atom stereocenters. The first-order valence-electron chi connectivity index (χ1n) is 10.7. The van der Waals surface area contributed by atoms with Crippen molar-refractivity contribution in [2.45, 2.75) is 0 Å². The molecule has 4 aromatic rings. The molecule has 0 bridgehead atoms. The summed E-state index contributed by atoms with van der Waals surface area (Å²) < 4.78 is 0. The first-order chi connectivity index (χ1) is 16.8. The number of hydrogen-bond donors (Lipinski definition) is 8. The molecule has 0 saturated heterocycles. The fourth-order valence-corrected chi connectivity index (χ4v) is 3.51. The van der Waals surface area contributed by atoms with Gasteiger partial charge in [-0.1, -0.05) is 0 Å². The van der Waals surface area contributed by atoms with Gasteiger partial charge in [0.1, 0.15) is 17.9 Å². The highest BCUT2D eigenvalue weighted by Crippen LogP contribution is 2.23. The molecule has 4 rings (SSSR count). The van der Waals surface area contributed by atoms with Crippen LogP contribution < -0.4 is 33.2 Å². The van der Waals surface area contributed by atoms with Crippen molar-refractivity contribution in [3.63, 3.8) is 0 Å². The number of aromatic nitrogens is 2. The van der Waals surface area contributed by atoms with Crippen LogP contribution in [0.2, 0.25) is 0 Å². The molecule has 0 aliphatic heterocycles. The van der Waals surface area contributed by atoms with Crippen molar-refractivity contribution in [2.24, 2.45) is 22.2 Å². The molecule has 12 nitrogen and oxygen atoms in total. The third kappa shape index (κ3) is 5.57. The average molecular weight is 476 g/mol. The largest absolute Gasteiger partial charge is 0.370 e. The summed E-state index contributed by atoms with van der Waals surface area (Å²) in [4.78, 5) is 46.7. The predicted molar refractivity (Wildman–Crippen MR) is 135 cm³/mol. The minimum absolute atomic E-state index is 0.166. The molecule has 2 heterocycles. The summed E-state index contributed by atoms with van der Waals surface area (Å²) in [5, 5.41) is 9.77. The van der Waals surface area contributed by atoms with Crippen molar-refractivity contribution in [3.8, 4) is 0 Å². The van der Waals surface area contributed by atoms with E-state index in [0.717, 1.165) is 21.8 Å². The Morgan fingerprint density at radius 1 is 0.800 bits per heavy atom. The Labute approximate surface area is 199 Å². The van der Waals surface area contributed by atoms with Crippen molar-refractivity contribution in [2.75, 3.05) is 30.3 Å². The summed E-state index contributed by atoms with van der Waals surface area (Å²) in [5.41, 5.74) is 19.3. The van der Waals surface area contributed by atoms with Gasteiger partial charge >= 0.3 is 0 Å². The lowest BCUT2D eigenvalue weighted by atomic mass is 10.2. The van der Waals surface area contributed by atoms with Gasteiger partial charge < -0.3 is 43.1 Å². The van der Waals surface area contributed by atoms with Crippen LogP contribution in [-0.4, -0.2) is 53.3 Å². The molecule has 2 aromatic heterocycles. The van der Waals surface area contributed by atoms with E-state index in [-0.39, 0.29) is 30.2 Å². The molecule has 0 fully saturated rings. The number of rotatable bonds is 8. The number of H-pyrrole nitrogens is 2. The van der Waals surface area contributed by atoms with E-state index < -0.39 is 0 Å². The van der Waals surface area contributed by atoms with Crippen LogP contribution in [0.4, 0.5) is 11.4 Å².